The first kappa shape index (κ1) is 17.6. The fraction of sp³-hybridized carbons (Fsp3) is 0.190. The van der Waals surface area contributed by atoms with Crippen molar-refractivity contribution in [2.24, 2.45) is 0 Å². The van der Waals surface area contributed by atoms with Crippen molar-refractivity contribution >= 4 is 22.8 Å². The van der Waals surface area contributed by atoms with Crippen molar-refractivity contribution in [1.29, 1.82) is 0 Å². The fourth-order valence-corrected chi connectivity index (χ4v) is 2.59. The number of pyridine rings is 1. The number of carbonyl (C=O) groups excluding carboxylic acids is 2. The molecule has 0 bridgehead atoms. The largest absolute Gasteiger partial charge is 0.457 e. The molecule has 3 aromatic rings. The van der Waals surface area contributed by atoms with Gasteiger partial charge in [0.05, 0.1) is 11.1 Å². The predicted octanol–water partition coefficient (Wildman–Crippen LogP) is 3.68. The van der Waals surface area contributed by atoms with Gasteiger partial charge in [0.1, 0.15) is 6.61 Å². The van der Waals surface area contributed by atoms with Gasteiger partial charge in [0.15, 0.2) is 0 Å². The summed E-state index contributed by atoms with van der Waals surface area (Å²) in [5.74, 6) is -0.575. The lowest BCUT2D eigenvalue weighted by molar-refractivity contribution is 0.0473. The molecule has 1 heterocycles. The highest BCUT2D eigenvalue weighted by Crippen LogP contribution is 2.15. The highest BCUT2D eigenvalue weighted by Gasteiger charge is 2.14. The van der Waals surface area contributed by atoms with Crippen LogP contribution in [0, 0.1) is 0 Å². The molecule has 2 aromatic carbocycles. The molecule has 0 spiro atoms. The van der Waals surface area contributed by atoms with Gasteiger partial charge in [0.2, 0.25) is 0 Å². The molecule has 0 saturated heterocycles. The normalized spacial score (nSPS) is 10.5. The Bertz CT molecular complexity index is 953. The van der Waals surface area contributed by atoms with Crippen LogP contribution in [0.3, 0.4) is 0 Å². The SMILES string of the molecule is CCN(C)C(=O)c1cccc(C(=O)OCc2ccc3ncccc3c2)c1. The van der Waals surface area contributed by atoms with Crippen molar-refractivity contribution in [3.05, 3.63) is 77.5 Å². The number of amides is 1. The maximum absolute atomic E-state index is 12.3. The Hall–Kier alpha value is -3.21. The second kappa shape index (κ2) is 7.78. The van der Waals surface area contributed by atoms with Crippen LogP contribution < -0.4 is 0 Å². The predicted molar refractivity (Wildman–Crippen MR) is 99.9 cm³/mol. The summed E-state index contributed by atoms with van der Waals surface area (Å²) in [6.07, 6.45) is 1.74. The van der Waals surface area contributed by atoms with Gasteiger partial charge in [-0.25, -0.2) is 4.79 Å². The lowest BCUT2D eigenvalue weighted by atomic mass is 10.1. The van der Waals surface area contributed by atoms with E-state index in [1.165, 1.54) is 0 Å². The molecule has 0 N–H and O–H groups in total. The molecule has 0 unspecified atom stereocenters. The molecule has 3 rings (SSSR count). The van der Waals surface area contributed by atoms with Crippen LogP contribution in [-0.4, -0.2) is 35.4 Å². The highest BCUT2D eigenvalue weighted by atomic mass is 16.5. The minimum Gasteiger partial charge on any atom is -0.457 e. The van der Waals surface area contributed by atoms with Gasteiger partial charge in [-0.3, -0.25) is 9.78 Å². The van der Waals surface area contributed by atoms with Crippen molar-refractivity contribution in [2.75, 3.05) is 13.6 Å². The van der Waals surface area contributed by atoms with Crippen molar-refractivity contribution in [3.8, 4) is 0 Å². The van der Waals surface area contributed by atoms with Gasteiger partial charge >= 0.3 is 5.97 Å². The van der Waals surface area contributed by atoms with Gasteiger partial charge in [0, 0.05) is 30.7 Å². The third-order valence-electron chi connectivity index (χ3n) is 4.20. The highest BCUT2D eigenvalue weighted by molar-refractivity contribution is 5.97. The maximum Gasteiger partial charge on any atom is 0.338 e. The van der Waals surface area contributed by atoms with Crippen LogP contribution in [0.5, 0.6) is 0 Å². The molecule has 0 aliphatic heterocycles. The topological polar surface area (TPSA) is 59.5 Å². The molecule has 132 valence electrons. The Morgan fingerprint density at radius 2 is 1.85 bits per heavy atom. The van der Waals surface area contributed by atoms with Crippen LogP contribution in [0.25, 0.3) is 10.9 Å². The monoisotopic (exact) mass is 348 g/mol. The van der Waals surface area contributed by atoms with E-state index < -0.39 is 5.97 Å². The van der Waals surface area contributed by atoms with E-state index in [0.29, 0.717) is 17.7 Å². The number of benzene rings is 2. The first-order chi connectivity index (χ1) is 12.6. The minimum atomic E-state index is -0.454. The maximum atomic E-state index is 12.3. The van der Waals surface area contributed by atoms with Crippen molar-refractivity contribution in [1.82, 2.24) is 9.88 Å². The summed E-state index contributed by atoms with van der Waals surface area (Å²) in [5, 5.41) is 0.997. The summed E-state index contributed by atoms with van der Waals surface area (Å²) in [6.45, 7) is 2.66. The standard InChI is InChI=1S/C21H20N2O3/c1-3-23(2)20(24)17-6-4-7-18(13-17)21(25)26-14-15-9-10-19-16(12-15)8-5-11-22-19/h4-13H,3,14H2,1-2H3. The first-order valence-corrected chi connectivity index (χ1v) is 8.45. The van der Waals surface area contributed by atoms with Crippen molar-refractivity contribution in [2.45, 2.75) is 13.5 Å². The Labute approximate surface area is 152 Å². The van der Waals surface area contributed by atoms with Crippen LogP contribution in [0.1, 0.15) is 33.2 Å². The molecular formula is C21H20N2O3. The lowest BCUT2D eigenvalue weighted by Crippen LogP contribution is -2.26. The summed E-state index contributed by atoms with van der Waals surface area (Å²) < 4.78 is 5.40. The van der Waals surface area contributed by atoms with Crippen LogP contribution >= 0.6 is 0 Å². The summed E-state index contributed by atoms with van der Waals surface area (Å²) in [5.41, 5.74) is 2.62. The Balaban J connectivity index is 1.70. The van der Waals surface area contributed by atoms with Crippen LogP contribution in [-0.2, 0) is 11.3 Å². The van der Waals surface area contributed by atoms with E-state index in [9.17, 15) is 9.59 Å². The third kappa shape index (κ3) is 3.88. The molecule has 1 aromatic heterocycles. The van der Waals surface area contributed by atoms with E-state index in [-0.39, 0.29) is 12.5 Å². The van der Waals surface area contributed by atoms with Crippen LogP contribution in [0.4, 0.5) is 0 Å². The fourth-order valence-electron chi connectivity index (χ4n) is 2.59. The molecule has 0 radical (unpaired) electrons. The Kier molecular flexibility index (Phi) is 5.27. The first-order valence-electron chi connectivity index (χ1n) is 8.45. The summed E-state index contributed by atoms with van der Waals surface area (Å²) in [7, 11) is 1.72. The van der Waals surface area contributed by atoms with Gasteiger partial charge in [-0.15, -0.1) is 0 Å². The molecular weight excluding hydrogens is 328 g/mol. The molecule has 26 heavy (non-hydrogen) atoms. The van der Waals surface area contributed by atoms with E-state index in [1.807, 2.05) is 37.3 Å². The van der Waals surface area contributed by atoms with Gasteiger partial charge in [-0.1, -0.05) is 18.2 Å². The average Bonchev–Trinajstić information content (AvgIpc) is 2.70. The zero-order chi connectivity index (χ0) is 18.5. The number of hydrogen-bond donors (Lipinski definition) is 0. The number of rotatable bonds is 5. The minimum absolute atomic E-state index is 0.121. The molecule has 1 amide bonds. The zero-order valence-corrected chi connectivity index (χ0v) is 14.8. The number of carbonyl (C=O) groups is 2. The smallest absolute Gasteiger partial charge is 0.338 e. The number of esters is 1. The number of ether oxygens (including phenoxy) is 1. The van der Waals surface area contributed by atoms with Crippen LogP contribution in [0.15, 0.2) is 60.8 Å². The summed E-state index contributed by atoms with van der Waals surface area (Å²) >= 11 is 0. The number of fused-ring (bicyclic) bond motifs is 1. The second-order valence-corrected chi connectivity index (χ2v) is 6.01. The number of nitrogens with zero attached hydrogens (tertiary/aromatic N) is 2. The molecule has 5 nitrogen and oxygen atoms in total. The quantitative estimate of drug-likeness (QED) is 0.660. The number of aromatic nitrogens is 1. The van der Waals surface area contributed by atoms with E-state index >= 15 is 0 Å². The van der Waals surface area contributed by atoms with Gasteiger partial charge < -0.3 is 9.64 Å². The molecule has 0 atom stereocenters. The molecule has 0 saturated carbocycles. The van der Waals surface area contributed by atoms with Crippen LogP contribution in [0.2, 0.25) is 0 Å². The summed E-state index contributed by atoms with van der Waals surface area (Å²) in [6, 6.07) is 16.2. The number of hydrogen-bond acceptors (Lipinski definition) is 4. The molecule has 0 aliphatic rings. The Morgan fingerprint density at radius 3 is 2.65 bits per heavy atom. The molecule has 5 heteroatoms. The van der Waals surface area contributed by atoms with Gasteiger partial charge in [0.25, 0.3) is 5.91 Å². The molecule has 0 aliphatic carbocycles. The van der Waals surface area contributed by atoms with E-state index in [0.717, 1.165) is 16.5 Å². The van der Waals surface area contributed by atoms with E-state index in [4.69, 9.17) is 4.74 Å². The Morgan fingerprint density at radius 1 is 1.04 bits per heavy atom. The van der Waals surface area contributed by atoms with E-state index in [2.05, 4.69) is 4.98 Å². The van der Waals surface area contributed by atoms with Gasteiger partial charge in [-0.05, 0) is 48.9 Å². The second-order valence-electron chi connectivity index (χ2n) is 6.01. The van der Waals surface area contributed by atoms with Gasteiger partial charge in [-0.2, -0.15) is 0 Å². The lowest BCUT2D eigenvalue weighted by Gasteiger charge is -2.14. The van der Waals surface area contributed by atoms with Crippen molar-refractivity contribution in [3.63, 3.8) is 0 Å². The summed E-state index contributed by atoms with van der Waals surface area (Å²) in [4.78, 5) is 30.4. The third-order valence-corrected chi connectivity index (χ3v) is 4.20. The van der Waals surface area contributed by atoms with Crippen molar-refractivity contribution < 1.29 is 14.3 Å². The molecule has 0 fully saturated rings. The average molecular weight is 348 g/mol. The van der Waals surface area contributed by atoms with E-state index in [1.54, 1.807) is 42.4 Å². The zero-order valence-electron chi connectivity index (χ0n) is 14.8.